The minimum absolute atomic E-state index is 0.306. The summed E-state index contributed by atoms with van der Waals surface area (Å²) >= 11 is 0. The van der Waals surface area contributed by atoms with E-state index in [0.717, 1.165) is 11.1 Å². The first kappa shape index (κ1) is 13.2. The van der Waals surface area contributed by atoms with E-state index in [0.29, 0.717) is 17.4 Å². The maximum atomic E-state index is 11.9. The molecular weight excluding hydrogens is 222 g/mol. The summed E-state index contributed by atoms with van der Waals surface area (Å²) in [5, 5.41) is 0. The number of nitrogens with one attached hydrogen (secondary N) is 1. The van der Waals surface area contributed by atoms with Crippen LogP contribution in [-0.4, -0.2) is 15.0 Å². The van der Waals surface area contributed by atoms with Crippen molar-refractivity contribution >= 4 is 10.0 Å². The zero-order chi connectivity index (χ0) is 12.3. The van der Waals surface area contributed by atoms with Crippen molar-refractivity contribution < 1.29 is 8.42 Å². The van der Waals surface area contributed by atoms with Gasteiger partial charge < -0.3 is 0 Å². The second-order valence-corrected chi connectivity index (χ2v) is 6.34. The molecule has 0 unspecified atom stereocenters. The Labute approximate surface area is 97.9 Å². The van der Waals surface area contributed by atoms with Crippen LogP contribution in [0.5, 0.6) is 0 Å². The quantitative estimate of drug-likeness (QED) is 0.878. The minimum Gasteiger partial charge on any atom is -0.211 e. The van der Waals surface area contributed by atoms with E-state index >= 15 is 0 Å². The highest BCUT2D eigenvalue weighted by Crippen LogP contribution is 2.14. The zero-order valence-corrected chi connectivity index (χ0v) is 11.1. The third-order valence-electron chi connectivity index (χ3n) is 2.19. The van der Waals surface area contributed by atoms with Gasteiger partial charge in [0.2, 0.25) is 10.0 Å². The lowest BCUT2D eigenvalue weighted by Crippen LogP contribution is -2.27. The monoisotopic (exact) mass is 241 g/mol. The zero-order valence-electron chi connectivity index (χ0n) is 10.2. The molecule has 4 heteroatoms. The Morgan fingerprint density at radius 2 is 1.62 bits per heavy atom. The molecule has 0 aliphatic heterocycles. The van der Waals surface area contributed by atoms with Crippen molar-refractivity contribution in [3.8, 4) is 0 Å². The number of sulfonamides is 1. The van der Waals surface area contributed by atoms with Gasteiger partial charge in [0, 0.05) is 6.54 Å². The van der Waals surface area contributed by atoms with Crippen molar-refractivity contribution in [2.24, 2.45) is 5.92 Å². The Balaban J connectivity index is 2.98. The largest absolute Gasteiger partial charge is 0.240 e. The molecule has 90 valence electrons. The van der Waals surface area contributed by atoms with Crippen molar-refractivity contribution in [3.63, 3.8) is 0 Å². The van der Waals surface area contributed by atoms with Crippen LogP contribution in [0.25, 0.3) is 0 Å². The van der Waals surface area contributed by atoms with Gasteiger partial charge >= 0.3 is 0 Å². The Hall–Kier alpha value is -0.870. The first-order valence-corrected chi connectivity index (χ1v) is 6.87. The summed E-state index contributed by atoms with van der Waals surface area (Å²) in [6, 6.07) is 5.34. The van der Waals surface area contributed by atoms with Crippen LogP contribution < -0.4 is 4.72 Å². The molecule has 0 heterocycles. The van der Waals surface area contributed by atoms with Gasteiger partial charge in [0.1, 0.15) is 0 Å². The molecule has 0 spiro atoms. The number of hydrogen-bond donors (Lipinski definition) is 1. The van der Waals surface area contributed by atoms with Crippen molar-refractivity contribution in [2.45, 2.75) is 32.6 Å². The van der Waals surface area contributed by atoms with E-state index in [2.05, 4.69) is 4.72 Å². The SMILES string of the molecule is Cc1cc(C)cc(S(=O)(=O)NCC(C)C)c1. The fourth-order valence-corrected chi connectivity index (χ4v) is 2.85. The summed E-state index contributed by atoms with van der Waals surface area (Å²) in [7, 11) is -3.35. The molecule has 1 N–H and O–H groups in total. The van der Waals surface area contributed by atoms with Crippen molar-refractivity contribution in [1.82, 2.24) is 4.72 Å². The van der Waals surface area contributed by atoms with Crippen LogP contribution in [0.2, 0.25) is 0 Å². The molecule has 1 aromatic rings. The van der Waals surface area contributed by atoms with Gasteiger partial charge in [-0.1, -0.05) is 19.9 Å². The molecule has 3 nitrogen and oxygen atoms in total. The van der Waals surface area contributed by atoms with Gasteiger partial charge in [-0.2, -0.15) is 0 Å². The van der Waals surface area contributed by atoms with E-state index < -0.39 is 10.0 Å². The molecule has 1 rings (SSSR count). The standard InChI is InChI=1S/C12H19NO2S/c1-9(2)8-13-16(14,15)12-6-10(3)5-11(4)7-12/h5-7,9,13H,8H2,1-4H3. The maximum Gasteiger partial charge on any atom is 0.240 e. The highest BCUT2D eigenvalue weighted by atomic mass is 32.2. The molecule has 0 radical (unpaired) electrons. The van der Waals surface area contributed by atoms with E-state index in [1.54, 1.807) is 12.1 Å². The van der Waals surface area contributed by atoms with Crippen LogP contribution in [0.15, 0.2) is 23.1 Å². The van der Waals surface area contributed by atoms with Gasteiger partial charge in [-0.15, -0.1) is 0 Å². The van der Waals surface area contributed by atoms with Crippen LogP contribution in [0.3, 0.4) is 0 Å². The number of aryl methyl sites for hydroxylation is 2. The molecule has 0 aliphatic rings. The van der Waals surface area contributed by atoms with Crippen LogP contribution in [0, 0.1) is 19.8 Å². The van der Waals surface area contributed by atoms with Gasteiger partial charge in [0.05, 0.1) is 4.90 Å². The van der Waals surface area contributed by atoms with Crippen LogP contribution >= 0.6 is 0 Å². The Kier molecular flexibility index (Phi) is 4.10. The molecule has 1 aromatic carbocycles. The molecule has 0 saturated heterocycles. The predicted octanol–water partition coefficient (Wildman–Crippen LogP) is 2.24. The first-order chi connectivity index (χ1) is 7.31. The second-order valence-electron chi connectivity index (χ2n) is 4.57. The lowest BCUT2D eigenvalue weighted by Gasteiger charge is -2.10. The van der Waals surface area contributed by atoms with Crippen LogP contribution in [-0.2, 0) is 10.0 Å². The van der Waals surface area contributed by atoms with E-state index in [-0.39, 0.29) is 0 Å². The van der Waals surface area contributed by atoms with Crippen molar-refractivity contribution in [1.29, 1.82) is 0 Å². The van der Waals surface area contributed by atoms with E-state index in [1.807, 2.05) is 33.8 Å². The van der Waals surface area contributed by atoms with Crippen LogP contribution in [0.1, 0.15) is 25.0 Å². The first-order valence-electron chi connectivity index (χ1n) is 5.39. The number of rotatable bonds is 4. The number of benzene rings is 1. The molecule has 0 amide bonds. The van der Waals surface area contributed by atoms with Gasteiger partial charge in [-0.05, 0) is 43.0 Å². The molecule has 0 aliphatic carbocycles. The minimum atomic E-state index is -3.35. The summed E-state index contributed by atoms with van der Waals surface area (Å²) in [6.45, 7) is 8.21. The molecule has 0 aromatic heterocycles. The average molecular weight is 241 g/mol. The fraction of sp³-hybridized carbons (Fsp3) is 0.500. The average Bonchev–Trinajstić information content (AvgIpc) is 2.13. The topological polar surface area (TPSA) is 46.2 Å². The van der Waals surface area contributed by atoms with E-state index in [1.165, 1.54) is 0 Å². The Bertz CT molecular complexity index is 444. The molecule has 0 bridgehead atoms. The van der Waals surface area contributed by atoms with Gasteiger partial charge in [-0.3, -0.25) is 0 Å². The van der Waals surface area contributed by atoms with E-state index in [9.17, 15) is 8.42 Å². The third kappa shape index (κ3) is 3.61. The highest BCUT2D eigenvalue weighted by Gasteiger charge is 2.14. The highest BCUT2D eigenvalue weighted by molar-refractivity contribution is 7.89. The van der Waals surface area contributed by atoms with Crippen molar-refractivity contribution in [3.05, 3.63) is 29.3 Å². The van der Waals surface area contributed by atoms with Gasteiger partial charge in [0.15, 0.2) is 0 Å². The summed E-state index contributed by atoms with van der Waals surface area (Å²) in [5.41, 5.74) is 1.93. The van der Waals surface area contributed by atoms with Gasteiger partial charge in [0.25, 0.3) is 0 Å². The van der Waals surface area contributed by atoms with E-state index in [4.69, 9.17) is 0 Å². The second kappa shape index (κ2) is 4.97. The summed E-state index contributed by atoms with van der Waals surface area (Å²) in [4.78, 5) is 0.352. The lowest BCUT2D eigenvalue weighted by atomic mass is 10.2. The molecule has 0 atom stereocenters. The molecule has 0 saturated carbocycles. The smallest absolute Gasteiger partial charge is 0.211 e. The molecule has 0 fully saturated rings. The summed E-state index contributed by atoms with van der Waals surface area (Å²) in [6.07, 6.45) is 0. The lowest BCUT2D eigenvalue weighted by molar-refractivity contribution is 0.560. The summed E-state index contributed by atoms with van der Waals surface area (Å²) in [5.74, 6) is 0.306. The molecular formula is C12H19NO2S. The third-order valence-corrected chi connectivity index (χ3v) is 3.59. The molecule has 16 heavy (non-hydrogen) atoms. The van der Waals surface area contributed by atoms with Crippen LogP contribution in [0.4, 0.5) is 0 Å². The maximum absolute atomic E-state index is 11.9. The summed E-state index contributed by atoms with van der Waals surface area (Å²) < 4.78 is 26.5. The van der Waals surface area contributed by atoms with Crippen molar-refractivity contribution in [2.75, 3.05) is 6.54 Å². The number of hydrogen-bond acceptors (Lipinski definition) is 2. The Morgan fingerprint density at radius 3 is 2.06 bits per heavy atom. The fourth-order valence-electron chi connectivity index (χ4n) is 1.45. The Morgan fingerprint density at radius 1 is 1.12 bits per heavy atom. The predicted molar refractivity (Wildman–Crippen MR) is 65.9 cm³/mol. The van der Waals surface area contributed by atoms with Gasteiger partial charge in [-0.25, -0.2) is 13.1 Å². The normalized spacial score (nSPS) is 12.1.